The van der Waals surface area contributed by atoms with Crippen LogP contribution in [-0.4, -0.2) is 58.2 Å². The third-order valence-electron chi connectivity index (χ3n) is 5.03. The molecule has 37 heavy (non-hydrogen) atoms. The number of non-ortho nitro benzene ring substituents is 1. The number of benzene rings is 2. The average Bonchev–Trinajstić information content (AvgIpc) is 3.05. The van der Waals surface area contributed by atoms with Gasteiger partial charge in [0.05, 0.1) is 16.1 Å². The van der Waals surface area contributed by atoms with Crippen molar-refractivity contribution in [1.29, 1.82) is 0 Å². The molecule has 0 saturated carbocycles. The molecule has 1 aliphatic heterocycles. The monoisotopic (exact) mass is 511 g/mol. The second kappa shape index (κ2) is 10.8. The highest BCUT2D eigenvalue weighted by Crippen LogP contribution is 2.26. The van der Waals surface area contributed by atoms with Crippen molar-refractivity contribution in [3.63, 3.8) is 0 Å². The van der Waals surface area contributed by atoms with Gasteiger partial charge in [-0.15, -0.1) is 0 Å². The van der Waals surface area contributed by atoms with Gasteiger partial charge in [0.2, 0.25) is 11.8 Å². The summed E-state index contributed by atoms with van der Waals surface area (Å²) in [6, 6.07) is 9.91. The predicted molar refractivity (Wildman–Crippen MR) is 130 cm³/mol. The van der Waals surface area contributed by atoms with E-state index in [1.165, 1.54) is 6.07 Å². The van der Waals surface area contributed by atoms with E-state index in [-0.39, 0.29) is 29.9 Å². The molecule has 13 heteroatoms. The van der Waals surface area contributed by atoms with E-state index in [4.69, 9.17) is 4.74 Å². The van der Waals surface area contributed by atoms with Gasteiger partial charge < -0.3 is 20.7 Å². The van der Waals surface area contributed by atoms with E-state index < -0.39 is 46.8 Å². The molecular formula is C24H25N5O8. The molecule has 1 aliphatic rings. The Labute approximate surface area is 211 Å². The number of hydrogen-bond acceptors (Lipinski definition) is 8. The number of nitro groups is 1. The van der Waals surface area contributed by atoms with Gasteiger partial charge in [-0.25, -0.2) is 4.79 Å². The number of para-hydroxylation sites is 1. The number of anilines is 1. The molecule has 0 unspecified atom stereocenters. The van der Waals surface area contributed by atoms with Crippen LogP contribution < -0.4 is 16.0 Å². The molecule has 0 aromatic heterocycles. The number of carbonyl (C=O) groups excluding carboxylic acids is 5. The van der Waals surface area contributed by atoms with Crippen molar-refractivity contribution in [1.82, 2.24) is 15.5 Å². The largest absolute Gasteiger partial charge is 0.444 e. The number of alkyl carbamates (subject to hydrolysis) is 1. The van der Waals surface area contributed by atoms with Crippen molar-refractivity contribution in [2.75, 3.05) is 18.4 Å². The molecule has 194 valence electrons. The third-order valence-corrected chi connectivity index (χ3v) is 5.03. The second-order valence-electron chi connectivity index (χ2n) is 9.02. The number of nitrogens with zero attached hydrogens (tertiary/aromatic N) is 2. The van der Waals surface area contributed by atoms with Gasteiger partial charge in [0, 0.05) is 24.4 Å². The summed E-state index contributed by atoms with van der Waals surface area (Å²) in [5.41, 5.74) is -0.301. The molecule has 0 bridgehead atoms. The van der Waals surface area contributed by atoms with Crippen LogP contribution in [0, 0.1) is 10.1 Å². The fraction of sp³-hybridized carbons (Fsp3) is 0.292. The maximum Gasteiger partial charge on any atom is 0.408 e. The van der Waals surface area contributed by atoms with Gasteiger partial charge in [0.15, 0.2) is 0 Å². The maximum absolute atomic E-state index is 12.6. The fourth-order valence-corrected chi connectivity index (χ4v) is 3.39. The van der Waals surface area contributed by atoms with E-state index in [1.54, 1.807) is 45.0 Å². The lowest BCUT2D eigenvalue weighted by atomic mass is 10.1. The van der Waals surface area contributed by atoms with Crippen molar-refractivity contribution in [3.8, 4) is 0 Å². The van der Waals surface area contributed by atoms with E-state index in [0.717, 1.165) is 12.1 Å². The number of ether oxygens (including phenoxy) is 1. The lowest BCUT2D eigenvalue weighted by molar-refractivity contribution is -0.384. The second-order valence-corrected chi connectivity index (χ2v) is 9.02. The van der Waals surface area contributed by atoms with Gasteiger partial charge in [-0.3, -0.25) is 34.2 Å². The summed E-state index contributed by atoms with van der Waals surface area (Å²) in [5, 5.41) is 18.5. The van der Waals surface area contributed by atoms with Gasteiger partial charge in [0.1, 0.15) is 18.7 Å². The SMILES string of the molecule is CC(C)(C)OC(=O)NCC(=O)Nc1ccccc1CNC(=O)CN1C(=O)c2ccc([N+](=O)[O-])cc2C1=O. The molecule has 0 saturated heterocycles. The van der Waals surface area contributed by atoms with E-state index in [0.29, 0.717) is 16.2 Å². The van der Waals surface area contributed by atoms with Crippen LogP contribution in [0.15, 0.2) is 42.5 Å². The molecule has 0 radical (unpaired) electrons. The zero-order valence-corrected chi connectivity index (χ0v) is 20.3. The first kappa shape index (κ1) is 26.8. The molecule has 3 rings (SSSR count). The van der Waals surface area contributed by atoms with Crippen molar-refractivity contribution in [2.24, 2.45) is 0 Å². The van der Waals surface area contributed by atoms with Crippen molar-refractivity contribution < 1.29 is 33.6 Å². The van der Waals surface area contributed by atoms with Gasteiger partial charge in [-0.2, -0.15) is 0 Å². The Kier molecular flexibility index (Phi) is 7.85. The minimum absolute atomic E-state index is 0.0172. The fourth-order valence-electron chi connectivity index (χ4n) is 3.39. The molecule has 0 fully saturated rings. The Morgan fingerprint density at radius 2 is 1.65 bits per heavy atom. The highest BCUT2D eigenvalue weighted by Gasteiger charge is 2.37. The summed E-state index contributed by atoms with van der Waals surface area (Å²) in [6.07, 6.45) is -0.744. The minimum Gasteiger partial charge on any atom is -0.444 e. The summed E-state index contributed by atoms with van der Waals surface area (Å²) >= 11 is 0. The first-order chi connectivity index (χ1) is 17.4. The van der Waals surface area contributed by atoms with Gasteiger partial charge >= 0.3 is 6.09 Å². The molecule has 0 atom stereocenters. The Balaban J connectivity index is 1.56. The van der Waals surface area contributed by atoms with E-state index in [2.05, 4.69) is 16.0 Å². The highest BCUT2D eigenvalue weighted by molar-refractivity contribution is 6.22. The Hall–Kier alpha value is -4.81. The zero-order chi connectivity index (χ0) is 27.3. The smallest absolute Gasteiger partial charge is 0.408 e. The van der Waals surface area contributed by atoms with Crippen LogP contribution in [0.2, 0.25) is 0 Å². The molecule has 2 aromatic carbocycles. The Morgan fingerprint density at radius 3 is 2.32 bits per heavy atom. The topological polar surface area (TPSA) is 177 Å². The molecule has 2 aromatic rings. The van der Waals surface area contributed by atoms with E-state index >= 15 is 0 Å². The van der Waals surface area contributed by atoms with Crippen molar-refractivity contribution >= 4 is 41.1 Å². The number of amides is 5. The molecule has 13 nitrogen and oxygen atoms in total. The molecule has 5 amide bonds. The normalized spacial score (nSPS) is 12.6. The number of nitrogens with one attached hydrogen (secondary N) is 3. The van der Waals surface area contributed by atoms with Crippen LogP contribution in [0.3, 0.4) is 0 Å². The van der Waals surface area contributed by atoms with Crippen LogP contribution in [0.5, 0.6) is 0 Å². The summed E-state index contributed by atoms with van der Waals surface area (Å²) in [6.45, 7) is 4.11. The minimum atomic E-state index is -0.802. The number of hydrogen-bond donors (Lipinski definition) is 3. The van der Waals surface area contributed by atoms with Gasteiger partial charge in [-0.1, -0.05) is 18.2 Å². The predicted octanol–water partition coefficient (Wildman–Crippen LogP) is 1.97. The molecule has 0 aliphatic carbocycles. The van der Waals surface area contributed by atoms with Gasteiger partial charge in [-0.05, 0) is 38.5 Å². The van der Waals surface area contributed by atoms with Crippen LogP contribution in [0.25, 0.3) is 0 Å². The third kappa shape index (κ3) is 6.87. The molecule has 1 heterocycles. The molecule has 3 N–H and O–H groups in total. The summed E-state index contributed by atoms with van der Waals surface area (Å²) in [4.78, 5) is 72.6. The lowest BCUT2D eigenvalue weighted by Crippen LogP contribution is -2.40. The Bertz CT molecular complexity index is 1280. The summed E-state index contributed by atoms with van der Waals surface area (Å²) < 4.78 is 5.07. The molecule has 0 spiro atoms. The number of carbonyl (C=O) groups is 5. The standard InChI is InChI=1S/C24H25N5O8/c1-24(2,3)37-23(34)26-12-19(30)27-18-7-5-4-6-14(18)11-25-20(31)13-28-21(32)16-9-8-15(29(35)36)10-17(16)22(28)33/h4-10H,11-13H2,1-3H3,(H,25,31)(H,26,34)(H,27,30). The summed E-state index contributed by atoms with van der Waals surface area (Å²) in [7, 11) is 0. The average molecular weight is 511 g/mol. The van der Waals surface area contributed by atoms with Crippen LogP contribution in [-0.2, 0) is 20.9 Å². The maximum atomic E-state index is 12.6. The van der Waals surface area contributed by atoms with Crippen molar-refractivity contribution in [3.05, 3.63) is 69.3 Å². The number of nitro benzene ring substituents is 1. The quantitative estimate of drug-likeness (QED) is 0.274. The first-order valence-electron chi connectivity index (χ1n) is 11.1. The lowest BCUT2D eigenvalue weighted by Gasteiger charge is -2.19. The number of fused-ring (bicyclic) bond motifs is 1. The van der Waals surface area contributed by atoms with Crippen molar-refractivity contribution in [2.45, 2.75) is 32.9 Å². The first-order valence-corrected chi connectivity index (χ1v) is 11.1. The zero-order valence-electron chi connectivity index (χ0n) is 20.3. The summed E-state index contributed by atoms with van der Waals surface area (Å²) in [5.74, 6) is -2.71. The number of rotatable bonds is 8. The highest BCUT2D eigenvalue weighted by atomic mass is 16.6. The van der Waals surface area contributed by atoms with E-state index in [1.807, 2.05) is 0 Å². The van der Waals surface area contributed by atoms with Gasteiger partial charge in [0.25, 0.3) is 17.5 Å². The number of imide groups is 1. The van der Waals surface area contributed by atoms with Crippen LogP contribution >= 0.6 is 0 Å². The Morgan fingerprint density at radius 1 is 0.973 bits per heavy atom. The van der Waals surface area contributed by atoms with Crippen LogP contribution in [0.4, 0.5) is 16.2 Å². The van der Waals surface area contributed by atoms with E-state index in [9.17, 15) is 34.1 Å². The van der Waals surface area contributed by atoms with Crippen LogP contribution in [0.1, 0.15) is 47.1 Å². The molecular weight excluding hydrogens is 486 g/mol.